The normalized spacial score (nSPS) is 32.6. The second kappa shape index (κ2) is 7.00. The minimum atomic E-state index is 0.294. The number of hydrogen-bond donors (Lipinski definition) is 1. The molecular weight excluding hydrogens is 256 g/mol. The van der Waals surface area contributed by atoms with Gasteiger partial charge in [-0.05, 0) is 56.9 Å². The van der Waals surface area contributed by atoms with Crippen molar-refractivity contribution in [3.8, 4) is 0 Å². The predicted molar refractivity (Wildman–Crippen MR) is 92.5 cm³/mol. The van der Waals surface area contributed by atoms with Crippen molar-refractivity contribution in [2.75, 3.05) is 13.6 Å². The third-order valence-corrected chi connectivity index (χ3v) is 7.18. The molecule has 21 heavy (non-hydrogen) atoms. The molecule has 0 aromatic rings. The van der Waals surface area contributed by atoms with Crippen LogP contribution in [0.25, 0.3) is 0 Å². The van der Waals surface area contributed by atoms with Crippen LogP contribution in [-0.2, 0) is 0 Å². The Hall–Kier alpha value is -0.0800. The minimum Gasteiger partial charge on any atom is -0.329 e. The number of rotatable bonds is 5. The Morgan fingerprint density at radius 3 is 2.10 bits per heavy atom. The summed E-state index contributed by atoms with van der Waals surface area (Å²) in [6.07, 6.45) is 13.7. The van der Waals surface area contributed by atoms with Gasteiger partial charge in [-0.25, -0.2) is 0 Å². The van der Waals surface area contributed by atoms with Crippen molar-refractivity contribution in [2.24, 2.45) is 17.1 Å². The smallest absolute Gasteiger partial charge is 0.0331 e. The molecule has 0 saturated heterocycles. The molecule has 2 rings (SSSR count). The molecule has 2 saturated carbocycles. The molecule has 0 aromatic heterocycles. The highest BCUT2D eigenvalue weighted by molar-refractivity contribution is 4.99. The molecule has 0 atom stereocenters. The van der Waals surface area contributed by atoms with Crippen LogP contribution in [0.15, 0.2) is 0 Å². The SMILES string of the molecule is CCC(C)(C)C1CCC(CN)(N(C)C2CCCCC2)CC1. The van der Waals surface area contributed by atoms with Crippen molar-refractivity contribution in [2.45, 2.75) is 96.6 Å². The lowest BCUT2D eigenvalue weighted by molar-refractivity contribution is -0.00184. The molecule has 2 aliphatic rings. The van der Waals surface area contributed by atoms with Crippen LogP contribution < -0.4 is 5.73 Å². The zero-order valence-electron chi connectivity index (χ0n) is 15.0. The molecule has 0 radical (unpaired) electrons. The Bertz CT molecular complexity index is 310. The molecule has 124 valence electrons. The molecule has 2 N–H and O–H groups in total. The summed E-state index contributed by atoms with van der Waals surface area (Å²) in [5, 5.41) is 0. The molecular formula is C19H38N2. The van der Waals surface area contributed by atoms with E-state index >= 15 is 0 Å². The van der Waals surface area contributed by atoms with E-state index in [4.69, 9.17) is 5.73 Å². The van der Waals surface area contributed by atoms with Gasteiger partial charge in [0, 0.05) is 18.1 Å². The van der Waals surface area contributed by atoms with Gasteiger partial charge in [0.1, 0.15) is 0 Å². The topological polar surface area (TPSA) is 29.3 Å². The van der Waals surface area contributed by atoms with Crippen LogP contribution in [0.2, 0.25) is 0 Å². The number of likely N-dealkylation sites (N-methyl/N-ethyl adjacent to an activating group) is 1. The van der Waals surface area contributed by atoms with Crippen LogP contribution >= 0.6 is 0 Å². The second-order valence-corrected chi connectivity index (χ2v) is 8.45. The fraction of sp³-hybridized carbons (Fsp3) is 1.00. The molecule has 0 bridgehead atoms. The van der Waals surface area contributed by atoms with Crippen molar-refractivity contribution in [3.63, 3.8) is 0 Å². The van der Waals surface area contributed by atoms with Gasteiger partial charge in [0.2, 0.25) is 0 Å². The summed E-state index contributed by atoms with van der Waals surface area (Å²) >= 11 is 0. The van der Waals surface area contributed by atoms with Gasteiger partial charge in [0.25, 0.3) is 0 Å². The average molecular weight is 295 g/mol. The first-order chi connectivity index (χ1) is 9.95. The molecule has 2 fully saturated rings. The van der Waals surface area contributed by atoms with E-state index in [0.29, 0.717) is 11.0 Å². The first-order valence-corrected chi connectivity index (χ1v) is 9.38. The minimum absolute atomic E-state index is 0.294. The first-order valence-electron chi connectivity index (χ1n) is 9.38. The average Bonchev–Trinajstić information content (AvgIpc) is 2.55. The highest BCUT2D eigenvalue weighted by Gasteiger charge is 2.43. The van der Waals surface area contributed by atoms with Crippen LogP contribution in [0.4, 0.5) is 0 Å². The maximum Gasteiger partial charge on any atom is 0.0331 e. The molecule has 0 spiro atoms. The van der Waals surface area contributed by atoms with Crippen molar-refractivity contribution >= 4 is 0 Å². The van der Waals surface area contributed by atoms with Crippen LogP contribution in [0.5, 0.6) is 0 Å². The Morgan fingerprint density at radius 2 is 1.62 bits per heavy atom. The van der Waals surface area contributed by atoms with Gasteiger partial charge < -0.3 is 5.73 Å². The Labute approximate surface area is 132 Å². The van der Waals surface area contributed by atoms with E-state index in [-0.39, 0.29) is 0 Å². The summed E-state index contributed by atoms with van der Waals surface area (Å²) < 4.78 is 0. The molecule has 2 aliphatic carbocycles. The Kier molecular flexibility index (Phi) is 5.76. The molecule has 0 aliphatic heterocycles. The lowest BCUT2D eigenvalue weighted by atomic mass is 9.65. The molecule has 0 aromatic carbocycles. The van der Waals surface area contributed by atoms with Crippen molar-refractivity contribution in [1.82, 2.24) is 4.90 Å². The van der Waals surface area contributed by atoms with Crippen LogP contribution in [-0.4, -0.2) is 30.1 Å². The summed E-state index contributed by atoms with van der Waals surface area (Å²) in [6.45, 7) is 8.11. The van der Waals surface area contributed by atoms with Gasteiger partial charge in [0.15, 0.2) is 0 Å². The summed E-state index contributed by atoms with van der Waals surface area (Å²) in [6, 6.07) is 0.790. The molecule has 2 nitrogen and oxygen atoms in total. The van der Waals surface area contributed by atoms with Crippen LogP contribution in [0.3, 0.4) is 0 Å². The van der Waals surface area contributed by atoms with E-state index in [1.54, 1.807) is 0 Å². The lowest BCUT2D eigenvalue weighted by Gasteiger charge is -2.52. The molecule has 0 heterocycles. The number of hydrogen-bond acceptors (Lipinski definition) is 2. The maximum absolute atomic E-state index is 6.29. The maximum atomic E-state index is 6.29. The predicted octanol–water partition coefficient (Wildman–Crippen LogP) is 4.57. The zero-order chi connectivity index (χ0) is 15.5. The van der Waals surface area contributed by atoms with E-state index in [1.165, 1.54) is 64.2 Å². The Balaban J connectivity index is 2.00. The fourth-order valence-corrected chi connectivity index (χ4v) is 4.78. The van der Waals surface area contributed by atoms with Gasteiger partial charge in [-0.1, -0.05) is 46.5 Å². The summed E-state index contributed by atoms with van der Waals surface area (Å²) in [4.78, 5) is 2.71. The van der Waals surface area contributed by atoms with Gasteiger partial charge in [-0.3, -0.25) is 4.90 Å². The largest absolute Gasteiger partial charge is 0.329 e. The monoisotopic (exact) mass is 294 g/mol. The first kappa shape index (κ1) is 17.3. The van der Waals surface area contributed by atoms with E-state index in [9.17, 15) is 0 Å². The standard InChI is InChI=1S/C19H38N2/c1-5-18(2,3)16-11-13-19(15-20,14-12-16)21(4)17-9-7-6-8-10-17/h16-17H,5-15,20H2,1-4H3. The fourth-order valence-electron chi connectivity index (χ4n) is 4.78. The third kappa shape index (κ3) is 3.64. The van der Waals surface area contributed by atoms with Crippen LogP contribution in [0.1, 0.15) is 85.0 Å². The van der Waals surface area contributed by atoms with Crippen molar-refractivity contribution in [3.05, 3.63) is 0 Å². The van der Waals surface area contributed by atoms with Crippen molar-refractivity contribution < 1.29 is 0 Å². The summed E-state index contributed by atoms with van der Waals surface area (Å²) in [5.41, 5.74) is 7.09. The van der Waals surface area contributed by atoms with E-state index < -0.39 is 0 Å². The molecule has 2 heteroatoms. The van der Waals surface area contributed by atoms with E-state index in [2.05, 4.69) is 32.7 Å². The van der Waals surface area contributed by atoms with E-state index in [1.807, 2.05) is 0 Å². The van der Waals surface area contributed by atoms with Crippen molar-refractivity contribution in [1.29, 1.82) is 0 Å². The van der Waals surface area contributed by atoms with Gasteiger partial charge >= 0.3 is 0 Å². The zero-order valence-corrected chi connectivity index (χ0v) is 15.0. The quantitative estimate of drug-likeness (QED) is 0.804. The van der Waals surface area contributed by atoms with Gasteiger partial charge in [0.05, 0.1) is 0 Å². The summed E-state index contributed by atoms with van der Waals surface area (Å²) in [5.74, 6) is 0.891. The summed E-state index contributed by atoms with van der Waals surface area (Å²) in [7, 11) is 2.37. The second-order valence-electron chi connectivity index (χ2n) is 8.45. The number of nitrogens with two attached hydrogens (primary N) is 1. The van der Waals surface area contributed by atoms with Crippen LogP contribution in [0, 0.1) is 11.3 Å². The lowest BCUT2D eigenvalue weighted by Crippen LogP contribution is -2.58. The molecule has 0 amide bonds. The highest BCUT2D eigenvalue weighted by atomic mass is 15.2. The highest BCUT2D eigenvalue weighted by Crippen LogP contribution is 2.45. The van der Waals surface area contributed by atoms with E-state index in [0.717, 1.165) is 18.5 Å². The Morgan fingerprint density at radius 1 is 1.05 bits per heavy atom. The van der Waals surface area contributed by atoms with Gasteiger partial charge in [-0.2, -0.15) is 0 Å². The van der Waals surface area contributed by atoms with Gasteiger partial charge in [-0.15, -0.1) is 0 Å². The number of nitrogens with zero attached hydrogens (tertiary/aromatic N) is 1. The third-order valence-electron chi connectivity index (χ3n) is 7.18. The molecule has 0 unspecified atom stereocenters.